The summed E-state index contributed by atoms with van der Waals surface area (Å²) in [5.41, 5.74) is 1.85. The summed E-state index contributed by atoms with van der Waals surface area (Å²) in [5.74, 6) is 0.961. The van der Waals surface area contributed by atoms with Gasteiger partial charge in [-0.05, 0) is 13.0 Å². The van der Waals surface area contributed by atoms with Crippen LogP contribution in [0.15, 0.2) is 12.2 Å². The number of aromatic nitrogens is 1. The van der Waals surface area contributed by atoms with Crippen LogP contribution in [0.3, 0.4) is 0 Å². The molecule has 0 N–H and O–H groups in total. The molecular weight excluding hydrogens is 259 g/mol. The number of fused-ring (bicyclic) bond motifs is 1. The topological polar surface area (TPSA) is 25.2 Å². The van der Waals surface area contributed by atoms with E-state index in [0.717, 1.165) is 5.82 Å². The van der Waals surface area contributed by atoms with Gasteiger partial charge in [-0.1, -0.05) is 0 Å². The summed E-state index contributed by atoms with van der Waals surface area (Å²) < 4.78 is 5.80. The van der Waals surface area contributed by atoms with Gasteiger partial charge >= 0.3 is 0 Å². The van der Waals surface area contributed by atoms with Crippen molar-refractivity contribution in [3.8, 4) is 0 Å². The maximum atomic E-state index is 4.38. The average molecular weight is 264 g/mol. The molecule has 52 valence electrons. The van der Waals surface area contributed by atoms with E-state index in [1.54, 1.807) is 11.3 Å². The highest BCUT2D eigenvalue weighted by Crippen LogP contribution is 2.35. The molecule has 1 aromatic rings. The lowest BCUT2D eigenvalue weighted by Gasteiger charge is -1.96. The molecule has 0 amide bonds. The van der Waals surface area contributed by atoms with Crippen LogP contribution in [0, 0.1) is 0 Å². The van der Waals surface area contributed by atoms with E-state index in [-0.39, 0.29) is 21.0 Å². The van der Waals surface area contributed by atoms with Crippen molar-refractivity contribution in [3.63, 3.8) is 0 Å². The summed E-state index contributed by atoms with van der Waals surface area (Å²) in [7, 11) is 0. The molecule has 0 aliphatic carbocycles. The molecule has 10 heavy (non-hydrogen) atoms. The quantitative estimate of drug-likeness (QED) is 0.660. The van der Waals surface area contributed by atoms with Gasteiger partial charge in [-0.15, -0.1) is 11.3 Å². The lowest BCUT2D eigenvalue weighted by Crippen LogP contribution is -1.69. The summed E-state index contributed by atoms with van der Waals surface area (Å²) in [6, 6.07) is 0. The predicted octanol–water partition coefficient (Wildman–Crippen LogP) is 3.30. The van der Waals surface area contributed by atoms with E-state index in [9.17, 15) is 0 Å². The smallest absolute Gasteiger partial charge is 0.175 e. The maximum Gasteiger partial charge on any atom is 0.175 e. The zero-order valence-electron chi connectivity index (χ0n) is 5.34. The van der Waals surface area contributed by atoms with Crippen molar-refractivity contribution in [2.75, 3.05) is 0 Å². The number of hydrogen-bond acceptors (Lipinski definition) is 3. The van der Waals surface area contributed by atoms with Gasteiger partial charge in [0.1, 0.15) is 0 Å². The number of thiazole rings is 1. The third-order valence-electron chi connectivity index (χ3n) is 1.16. The first-order valence-electron chi connectivity index (χ1n) is 2.83. The molecule has 0 saturated carbocycles. The zero-order chi connectivity index (χ0) is 6.97. The number of halogens is 1. The maximum absolute atomic E-state index is 4.38. The first kappa shape index (κ1) is 6.60. The van der Waals surface area contributed by atoms with Gasteiger partial charge in [0.2, 0.25) is 0 Å². The van der Waals surface area contributed by atoms with E-state index >= 15 is 0 Å². The van der Waals surface area contributed by atoms with Crippen LogP contribution in [0.1, 0.15) is 11.8 Å². The van der Waals surface area contributed by atoms with Crippen molar-refractivity contribution >= 4 is 44.3 Å². The van der Waals surface area contributed by atoms with E-state index < -0.39 is 0 Å². The molecule has 2 rings (SSSR count). The van der Waals surface area contributed by atoms with Crippen LogP contribution in [0.2, 0.25) is 0 Å². The van der Waals surface area contributed by atoms with Crippen LogP contribution in [0.4, 0.5) is 5.82 Å². The molecule has 1 aliphatic rings. The minimum absolute atomic E-state index is 0.0807. The number of hydrogen-bond donors (Lipinski definition) is 0. The fourth-order valence-corrected chi connectivity index (χ4v) is 3.26. The Labute approximate surface area is 73.2 Å². The zero-order valence-corrected chi connectivity index (χ0v) is 8.31. The highest BCUT2D eigenvalue weighted by Gasteiger charge is 2.05. The summed E-state index contributed by atoms with van der Waals surface area (Å²) >= 11 is 1.58. The molecule has 0 spiro atoms. The van der Waals surface area contributed by atoms with Crippen molar-refractivity contribution in [2.45, 2.75) is 6.92 Å². The highest BCUT2D eigenvalue weighted by molar-refractivity contribution is 14.2. The summed E-state index contributed by atoms with van der Waals surface area (Å²) in [6.07, 6.45) is 2.20. The fraction of sp³-hybridized carbons (Fsp3) is 0.167. The van der Waals surface area contributed by atoms with Crippen LogP contribution >= 0.6 is 32.4 Å². The molecule has 2 nitrogen and oxygen atoms in total. The number of rotatable bonds is 0. The second kappa shape index (κ2) is 2.50. The number of nitrogens with zero attached hydrogens (tertiary/aromatic N) is 2. The Bertz CT molecular complexity index is 313. The Morgan fingerprint density at radius 1 is 1.60 bits per heavy atom. The van der Waals surface area contributed by atoms with Gasteiger partial charge in [0, 0.05) is 24.6 Å². The second-order valence-corrected chi connectivity index (χ2v) is 5.49. The fourth-order valence-electron chi connectivity index (χ4n) is 0.723. The molecule has 0 atom stereocenters. The van der Waals surface area contributed by atoms with Crippen LogP contribution in [-0.2, 0) is 0 Å². The van der Waals surface area contributed by atoms with Crippen molar-refractivity contribution in [2.24, 2.45) is 3.15 Å². The van der Waals surface area contributed by atoms with Gasteiger partial charge in [-0.3, -0.25) is 0 Å². The normalized spacial score (nSPS) is 15.5. The Hall–Kier alpha value is -0.100. The average Bonchev–Trinajstić information content (AvgIpc) is 2.33. The van der Waals surface area contributed by atoms with Crippen molar-refractivity contribution < 1.29 is 0 Å². The monoisotopic (exact) mass is 264 g/mol. The molecule has 0 unspecified atom stereocenters. The van der Waals surface area contributed by atoms with E-state index in [1.807, 2.05) is 5.51 Å². The molecular formula is C6H5IN2S. The highest BCUT2D eigenvalue weighted by atomic mass is 127. The molecule has 0 bridgehead atoms. The molecule has 2 heterocycles. The van der Waals surface area contributed by atoms with Gasteiger partial charge in [0.05, 0.1) is 10.4 Å². The van der Waals surface area contributed by atoms with Gasteiger partial charge in [-0.2, -0.15) is 0 Å². The summed E-state index contributed by atoms with van der Waals surface area (Å²) in [6.45, 7) is 2.14. The van der Waals surface area contributed by atoms with Crippen LogP contribution < -0.4 is 0 Å². The minimum Gasteiger partial charge on any atom is -0.225 e. The Morgan fingerprint density at radius 2 is 2.50 bits per heavy atom. The molecule has 0 radical (unpaired) electrons. The van der Waals surface area contributed by atoms with Gasteiger partial charge < -0.3 is 0 Å². The molecule has 0 fully saturated rings. The lowest BCUT2D eigenvalue weighted by atomic mass is 10.4. The van der Waals surface area contributed by atoms with Crippen LogP contribution in [0.25, 0.3) is 6.08 Å². The third kappa shape index (κ3) is 1.05. The predicted molar refractivity (Wildman–Crippen MR) is 51.9 cm³/mol. The lowest BCUT2D eigenvalue weighted by molar-refractivity contribution is 1.36. The summed E-state index contributed by atoms with van der Waals surface area (Å²) in [4.78, 5) is 5.35. The molecule has 1 aliphatic heterocycles. The molecule has 0 aromatic carbocycles. The van der Waals surface area contributed by atoms with Crippen LogP contribution in [-0.4, -0.2) is 4.98 Å². The first-order chi connectivity index (χ1) is 4.86. The Balaban J connectivity index is 2.62. The SMILES string of the molecule is CC1=Cc2scnc2N=I1. The minimum atomic E-state index is -0.0807. The van der Waals surface area contributed by atoms with Gasteiger partial charge in [0.15, 0.2) is 5.82 Å². The van der Waals surface area contributed by atoms with E-state index in [2.05, 4.69) is 21.1 Å². The van der Waals surface area contributed by atoms with Crippen molar-refractivity contribution in [1.29, 1.82) is 0 Å². The van der Waals surface area contributed by atoms with Gasteiger partial charge in [0.25, 0.3) is 0 Å². The standard InChI is InChI=1S/C6H5IN2S/c1-4-2-5-6(9-7-4)8-3-10-5/h2-3H,1H3. The Kier molecular flexibility index (Phi) is 1.65. The number of allylic oxidation sites excluding steroid dienone is 1. The van der Waals surface area contributed by atoms with Crippen molar-refractivity contribution in [3.05, 3.63) is 14.0 Å². The van der Waals surface area contributed by atoms with Gasteiger partial charge in [-0.25, -0.2) is 8.13 Å². The van der Waals surface area contributed by atoms with E-state index in [0.29, 0.717) is 0 Å². The molecule has 4 heteroatoms. The third-order valence-corrected chi connectivity index (χ3v) is 3.70. The molecule has 1 aromatic heterocycles. The molecule has 0 saturated heterocycles. The van der Waals surface area contributed by atoms with E-state index in [4.69, 9.17) is 0 Å². The Morgan fingerprint density at radius 3 is 3.40 bits per heavy atom. The van der Waals surface area contributed by atoms with Crippen LogP contribution in [0.5, 0.6) is 0 Å². The van der Waals surface area contributed by atoms with Crippen molar-refractivity contribution in [1.82, 2.24) is 4.98 Å². The second-order valence-electron chi connectivity index (χ2n) is 1.94. The first-order valence-corrected chi connectivity index (χ1v) is 5.75. The van der Waals surface area contributed by atoms with E-state index in [1.165, 1.54) is 8.46 Å². The largest absolute Gasteiger partial charge is 0.225 e. The summed E-state index contributed by atoms with van der Waals surface area (Å²) in [5, 5.41) is 0.